The van der Waals surface area contributed by atoms with Crippen LogP contribution < -0.4 is 4.90 Å². The number of nitrogens with zero attached hydrogens (tertiary/aromatic N) is 4. The number of piperidine rings is 1. The summed E-state index contributed by atoms with van der Waals surface area (Å²) in [5.41, 5.74) is -3.05. The average Bonchev–Trinajstić information content (AvgIpc) is 3.41. The van der Waals surface area contributed by atoms with E-state index in [2.05, 4.69) is 0 Å². The number of amides is 4. The van der Waals surface area contributed by atoms with E-state index in [0.29, 0.717) is 43.6 Å². The number of benzene rings is 2. The Hall–Kier alpha value is -3.19. The first-order chi connectivity index (χ1) is 20.4. The Labute approximate surface area is 260 Å². The summed E-state index contributed by atoms with van der Waals surface area (Å²) in [5, 5.41) is 0.517. The first-order valence-corrected chi connectivity index (χ1v) is 14.4. The van der Waals surface area contributed by atoms with Gasteiger partial charge >= 0.3 is 18.4 Å². The molecule has 0 radical (unpaired) electrons. The van der Waals surface area contributed by atoms with E-state index in [1.165, 1.54) is 18.9 Å². The fourth-order valence-corrected chi connectivity index (χ4v) is 6.06. The molecule has 2 aliphatic heterocycles. The third-order valence-corrected chi connectivity index (χ3v) is 9.05. The Morgan fingerprint density at radius 2 is 1.39 bits per heavy atom. The van der Waals surface area contributed by atoms with Crippen LogP contribution >= 0.6 is 23.2 Å². The summed E-state index contributed by atoms with van der Waals surface area (Å²) in [7, 11) is 2.47. The summed E-state index contributed by atoms with van der Waals surface area (Å²) in [6.45, 7) is 2.56. The molecule has 2 aromatic rings. The summed E-state index contributed by atoms with van der Waals surface area (Å²) in [5.74, 6) is -1.10. The molecule has 240 valence electrons. The molecule has 0 unspecified atom stereocenters. The van der Waals surface area contributed by atoms with E-state index in [9.17, 15) is 40.7 Å². The maximum Gasteiger partial charge on any atom is 0.416 e. The van der Waals surface area contributed by atoms with Gasteiger partial charge in [-0.2, -0.15) is 26.3 Å². The number of likely N-dealkylation sites (tertiary alicyclic amines) is 2. The minimum absolute atomic E-state index is 0.00675. The van der Waals surface area contributed by atoms with Gasteiger partial charge in [-0.25, -0.2) is 4.79 Å². The summed E-state index contributed by atoms with van der Waals surface area (Å²) >= 11 is 12.4. The van der Waals surface area contributed by atoms with E-state index in [1.54, 1.807) is 28.0 Å². The standard InChI is InChI=1S/C29H30Cl2F6N4O3/c1-16(42)40-8-6-17(7-9-40)26(43)41-14-22(18-4-5-23(30)24(31)10-18)25(15-41)39(3)27(44)38(2)21-12-19(28(32,33)34)11-20(13-21)29(35,36)37/h4-5,10-13,17,22,25H,6-9,14-15H2,1-3H3/t22-,25-/m1/s1. The van der Waals surface area contributed by atoms with E-state index in [1.807, 2.05) is 0 Å². The number of likely N-dealkylation sites (N-methyl/N-ethyl adjacent to an activating group) is 1. The largest absolute Gasteiger partial charge is 0.416 e. The molecular formula is C29H30Cl2F6N4O3. The number of halogens is 8. The monoisotopic (exact) mass is 666 g/mol. The second kappa shape index (κ2) is 12.7. The van der Waals surface area contributed by atoms with Crippen LogP contribution in [0.15, 0.2) is 36.4 Å². The van der Waals surface area contributed by atoms with Crippen molar-refractivity contribution in [1.29, 1.82) is 0 Å². The molecule has 15 heteroatoms. The van der Waals surface area contributed by atoms with Gasteiger partial charge in [0.1, 0.15) is 0 Å². The van der Waals surface area contributed by atoms with Gasteiger partial charge in [0.25, 0.3) is 0 Å². The zero-order chi connectivity index (χ0) is 32.7. The zero-order valence-electron chi connectivity index (χ0n) is 24.0. The van der Waals surface area contributed by atoms with Gasteiger partial charge in [-0.05, 0) is 48.7 Å². The molecule has 2 saturated heterocycles. The van der Waals surface area contributed by atoms with E-state index < -0.39 is 47.2 Å². The summed E-state index contributed by atoms with van der Waals surface area (Å²) in [4.78, 5) is 44.1. The van der Waals surface area contributed by atoms with Gasteiger partial charge < -0.3 is 14.7 Å². The van der Waals surface area contributed by atoms with E-state index >= 15 is 0 Å². The molecule has 44 heavy (non-hydrogen) atoms. The van der Waals surface area contributed by atoms with E-state index in [-0.39, 0.29) is 46.9 Å². The molecule has 2 heterocycles. The van der Waals surface area contributed by atoms with Crippen molar-refractivity contribution in [3.05, 3.63) is 63.1 Å². The zero-order valence-corrected chi connectivity index (χ0v) is 25.5. The van der Waals surface area contributed by atoms with Crippen LogP contribution in [0.2, 0.25) is 10.0 Å². The van der Waals surface area contributed by atoms with Crippen molar-refractivity contribution in [3.63, 3.8) is 0 Å². The highest BCUT2D eigenvalue weighted by Gasteiger charge is 2.43. The smallest absolute Gasteiger partial charge is 0.343 e. The van der Waals surface area contributed by atoms with Crippen LogP contribution in [0.4, 0.5) is 36.8 Å². The lowest BCUT2D eigenvalue weighted by atomic mass is 9.93. The highest BCUT2D eigenvalue weighted by atomic mass is 35.5. The van der Waals surface area contributed by atoms with Gasteiger partial charge in [0.15, 0.2) is 0 Å². The number of carbonyl (C=O) groups excluding carboxylic acids is 3. The van der Waals surface area contributed by atoms with Crippen molar-refractivity contribution >= 4 is 46.7 Å². The molecule has 0 bridgehead atoms. The second-order valence-corrected chi connectivity index (χ2v) is 11.9. The van der Waals surface area contributed by atoms with Gasteiger partial charge in [0.2, 0.25) is 11.8 Å². The molecule has 0 aliphatic carbocycles. The average molecular weight is 667 g/mol. The molecule has 0 spiro atoms. The predicted octanol–water partition coefficient (Wildman–Crippen LogP) is 6.77. The first-order valence-electron chi connectivity index (χ1n) is 13.7. The second-order valence-electron chi connectivity index (χ2n) is 11.1. The van der Waals surface area contributed by atoms with Crippen molar-refractivity contribution in [2.45, 2.75) is 44.1 Å². The van der Waals surface area contributed by atoms with Gasteiger partial charge in [-0.1, -0.05) is 29.3 Å². The van der Waals surface area contributed by atoms with Gasteiger partial charge in [-0.3, -0.25) is 14.5 Å². The van der Waals surface area contributed by atoms with E-state index in [0.717, 1.165) is 11.9 Å². The molecule has 0 saturated carbocycles. The molecule has 4 amide bonds. The van der Waals surface area contributed by atoms with Crippen molar-refractivity contribution < 1.29 is 40.7 Å². The van der Waals surface area contributed by atoms with Crippen molar-refractivity contribution in [2.75, 3.05) is 45.2 Å². The lowest BCUT2D eigenvalue weighted by Crippen LogP contribution is -2.48. The third-order valence-electron chi connectivity index (χ3n) is 8.31. The fourth-order valence-electron chi connectivity index (χ4n) is 5.75. The maximum absolute atomic E-state index is 13.6. The molecule has 7 nitrogen and oxygen atoms in total. The van der Waals surface area contributed by atoms with Gasteiger partial charge in [0.05, 0.1) is 27.2 Å². The Balaban J connectivity index is 1.63. The number of urea groups is 1. The molecule has 4 rings (SSSR count). The highest BCUT2D eigenvalue weighted by Crippen LogP contribution is 2.40. The molecule has 2 fully saturated rings. The SMILES string of the molecule is CC(=O)N1CCC(C(=O)N2C[C@H](c3ccc(Cl)c(Cl)c3)[C@H](N(C)C(=O)N(C)c3cc(C(F)(F)F)cc(C(F)(F)F)c3)C2)CC1. The minimum atomic E-state index is -5.09. The van der Waals surface area contributed by atoms with Crippen molar-refractivity contribution in [2.24, 2.45) is 5.92 Å². The van der Waals surface area contributed by atoms with Crippen LogP contribution in [0.1, 0.15) is 42.4 Å². The lowest BCUT2D eigenvalue weighted by molar-refractivity contribution is -0.143. The van der Waals surface area contributed by atoms with Gasteiger partial charge in [0, 0.05) is 64.7 Å². The lowest BCUT2D eigenvalue weighted by Gasteiger charge is -2.34. The number of anilines is 1. The number of alkyl halides is 6. The van der Waals surface area contributed by atoms with Crippen molar-refractivity contribution in [3.8, 4) is 0 Å². The Morgan fingerprint density at radius 3 is 1.89 bits per heavy atom. The number of hydrogen-bond acceptors (Lipinski definition) is 3. The molecule has 0 N–H and O–H groups in total. The van der Waals surface area contributed by atoms with Crippen LogP contribution in [0.25, 0.3) is 0 Å². The topological polar surface area (TPSA) is 64.2 Å². The normalized spacial score (nSPS) is 19.7. The summed E-state index contributed by atoms with van der Waals surface area (Å²) in [6.07, 6.45) is -9.24. The van der Waals surface area contributed by atoms with Crippen LogP contribution in [0.5, 0.6) is 0 Å². The molecule has 0 aromatic heterocycles. The maximum atomic E-state index is 13.6. The number of rotatable bonds is 4. The quantitative estimate of drug-likeness (QED) is 0.338. The predicted molar refractivity (Wildman–Crippen MR) is 153 cm³/mol. The molecule has 2 aromatic carbocycles. The van der Waals surface area contributed by atoms with Crippen LogP contribution in [-0.4, -0.2) is 78.9 Å². The third kappa shape index (κ3) is 7.20. The van der Waals surface area contributed by atoms with Crippen LogP contribution in [-0.2, 0) is 21.9 Å². The Bertz CT molecular complexity index is 1400. The minimum Gasteiger partial charge on any atom is -0.343 e. The molecule has 2 atom stereocenters. The molecule has 2 aliphatic rings. The highest BCUT2D eigenvalue weighted by molar-refractivity contribution is 6.42. The van der Waals surface area contributed by atoms with Crippen LogP contribution in [0.3, 0.4) is 0 Å². The Kier molecular flexibility index (Phi) is 9.70. The van der Waals surface area contributed by atoms with Crippen LogP contribution in [0, 0.1) is 5.92 Å². The first kappa shape index (κ1) is 33.7. The fraction of sp³-hybridized carbons (Fsp3) is 0.483. The summed E-state index contributed by atoms with van der Waals surface area (Å²) < 4.78 is 80.9. The molecular weight excluding hydrogens is 637 g/mol. The van der Waals surface area contributed by atoms with Gasteiger partial charge in [-0.15, -0.1) is 0 Å². The Morgan fingerprint density at radius 1 is 0.818 bits per heavy atom. The van der Waals surface area contributed by atoms with Crippen molar-refractivity contribution in [1.82, 2.24) is 14.7 Å². The number of hydrogen-bond donors (Lipinski definition) is 0. The summed E-state index contributed by atoms with van der Waals surface area (Å²) in [6, 6.07) is 4.22. The van der Waals surface area contributed by atoms with E-state index in [4.69, 9.17) is 23.2 Å². The number of carbonyl (C=O) groups is 3.